The molecule has 18 heavy (non-hydrogen) atoms. The van der Waals surface area contributed by atoms with Crippen LogP contribution in [0.15, 0.2) is 60.4 Å². The Bertz CT molecular complexity index is 522. The zero-order chi connectivity index (χ0) is 12.8. The molecule has 2 aromatic rings. The third-order valence-corrected chi connectivity index (χ3v) is 2.56. The second-order valence-corrected chi connectivity index (χ2v) is 3.67. The molecule has 0 aliphatic rings. The van der Waals surface area contributed by atoms with Gasteiger partial charge in [-0.1, -0.05) is 36.4 Å². The Balaban J connectivity index is 2.67. The molecule has 88 valence electrons. The number of allylic oxidation sites excluding steroid dienone is 1. The summed E-state index contributed by atoms with van der Waals surface area (Å²) in [5.41, 5.74) is 2.29. The monoisotopic (exact) mass is 237 g/mol. The van der Waals surface area contributed by atoms with Crippen LogP contribution in [0.1, 0.15) is 11.1 Å². The van der Waals surface area contributed by atoms with Crippen molar-refractivity contribution < 1.29 is 9.59 Å². The van der Waals surface area contributed by atoms with Crippen molar-refractivity contribution in [1.29, 1.82) is 0 Å². The van der Waals surface area contributed by atoms with Crippen LogP contribution < -0.4 is 0 Å². The maximum absolute atomic E-state index is 11.0. The van der Waals surface area contributed by atoms with Crippen molar-refractivity contribution in [2.45, 2.75) is 0 Å². The van der Waals surface area contributed by atoms with E-state index in [4.69, 9.17) is 0 Å². The lowest BCUT2D eigenvalue weighted by Crippen LogP contribution is -1.97. The van der Waals surface area contributed by atoms with Crippen LogP contribution in [0.4, 0.5) is 0 Å². The second kappa shape index (κ2) is 5.68. The van der Waals surface area contributed by atoms with Gasteiger partial charge in [0.2, 0.25) is 0 Å². The molecule has 1 aromatic carbocycles. The first-order chi connectivity index (χ1) is 8.86. The van der Waals surface area contributed by atoms with Gasteiger partial charge in [-0.25, -0.2) is 0 Å². The number of benzene rings is 1. The highest BCUT2D eigenvalue weighted by Gasteiger charge is 2.10. The molecule has 0 fully saturated rings. The molecule has 1 aromatic heterocycles. The third kappa shape index (κ3) is 2.40. The van der Waals surface area contributed by atoms with Crippen molar-refractivity contribution in [3.8, 4) is 0 Å². The molecule has 3 nitrogen and oxygen atoms in total. The van der Waals surface area contributed by atoms with Crippen LogP contribution in [0, 0.1) is 0 Å². The Labute approximate surface area is 105 Å². The van der Waals surface area contributed by atoms with E-state index in [-0.39, 0.29) is 5.57 Å². The van der Waals surface area contributed by atoms with Crippen molar-refractivity contribution in [3.63, 3.8) is 0 Å². The SMILES string of the molecule is O=CC(C=O)=C(c1ccccc1)c1cccnc1. The molecular formula is C15H11NO2. The highest BCUT2D eigenvalue weighted by atomic mass is 16.1. The van der Waals surface area contributed by atoms with Crippen LogP contribution >= 0.6 is 0 Å². The topological polar surface area (TPSA) is 47.0 Å². The summed E-state index contributed by atoms with van der Waals surface area (Å²) in [6, 6.07) is 12.9. The molecular weight excluding hydrogens is 226 g/mol. The van der Waals surface area contributed by atoms with Crippen LogP contribution in [0.2, 0.25) is 0 Å². The molecule has 0 amide bonds. The average molecular weight is 237 g/mol. The minimum Gasteiger partial charge on any atom is -0.298 e. The van der Waals surface area contributed by atoms with Gasteiger partial charge in [-0.05, 0) is 11.6 Å². The maximum atomic E-state index is 11.0. The Morgan fingerprint density at radius 3 is 2.11 bits per heavy atom. The van der Waals surface area contributed by atoms with Gasteiger partial charge in [0.25, 0.3) is 0 Å². The molecule has 0 aliphatic carbocycles. The Morgan fingerprint density at radius 1 is 0.889 bits per heavy atom. The molecule has 0 atom stereocenters. The fraction of sp³-hybridized carbons (Fsp3) is 0. The molecule has 1 heterocycles. The first-order valence-corrected chi connectivity index (χ1v) is 5.47. The van der Waals surface area contributed by atoms with Crippen LogP contribution in [0.25, 0.3) is 5.57 Å². The van der Waals surface area contributed by atoms with E-state index < -0.39 is 0 Å². The molecule has 0 unspecified atom stereocenters. The highest BCUT2D eigenvalue weighted by molar-refractivity contribution is 6.10. The van der Waals surface area contributed by atoms with Crippen LogP contribution in [0.3, 0.4) is 0 Å². The summed E-state index contributed by atoms with van der Waals surface area (Å²) in [6.07, 6.45) is 4.42. The van der Waals surface area contributed by atoms with Crippen LogP contribution in [-0.4, -0.2) is 17.6 Å². The number of hydrogen-bond acceptors (Lipinski definition) is 3. The smallest absolute Gasteiger partial charge is 0.153 e. The summed E-state index contributed by atoms with van der Waals surface area (Å²) in [6.45, 7) is 0. The van der Waals surface area contributed by atoms with Crippen molar-refractivity contribution in [2.24, 2.45) is 0 Å². The molecule has 0 radical (unpaired) electrons. The van der Waals surface area contributed by atoms with Gasteiger partial charge in [-0.2, -0.15) is 0 Å². The standard InChI is InChI=1S/C15H11NO2/c17-10-14(11-18)15(12-5-2-1-3-6-12)13-7-4-8-16-9-13/h1-11H. The van der Waals surface area contributed by atoms with Gasteiger partial charge >= 0.3 is 0 Å². The maximum Gasteiger partial charge on any atom is 0.153 e. The number of pyridine rings is 1. The third-order valence-electron chi connectivity index (χ3n) is 2.56. The highest BCUT2D eigenvalue weighted by Crippen LogP contribution is 2.24. The molecule has 0 saturated carbocycles. The minimum absolute atomic E-state index is 0.120. The van der Waals surface area contributed by atoms with Crippen LogP contribution in [-0.2, 0) is 9.59 Å². The molecule has 0 N–H and O–H groups in total. The van der Waals surface area contributed by atoms with Gasteiger partial charge in [0.05, 0.1) is 5.57 Å². The number of nitrogens with zero attached hydrogens (tertiary/aromatic N) is 1. The van der Waals surface area contributed by atoms with Gasteiger partial charge < -0.3 is 0 Å². The first-order valence-electron chi connectivity index (χ1n) is 5.47. The van der Waals surface area contributed by atoms with Crippen molar-refractivity contribution in [2.75, 3.05) is 0 Å². The van der Waals surface area contributed by atoms with Gasteiger partial charge in [0.15, 0.2) is 12.6 Å². The Hall–Kier alpha value is -2.55. The lowest BCUT2D eigenvalue weighted by Gasteiger charge is -2.08. The first kappa shape index (κ1) is 11.9. The average Bonchev–Trinajstić information content (AvgIpc) is 2.46. The van der Waals surface area contributed by atoms with E-state index in [1.54, 1.807) is 18.5 Å². The quantitative estimate of drug-likeness (QED) is 0.355. The molecule has 2 rings (SSSR count). The summed E-state index contributed by atoms with van der Waals surface area (Å²) in [5.74, 6) is 0. The summed E-state index contributed by atoms with van der Waals surface area (Å²) < 4.78 is 0. The zero-order valence-electron chi connectivity index (χ0n) is 9.61. The summed E-state index contributed by atoms with van der Waals surface area (Å²) in [4.78, 5) is 26.0. The summed E-state index contributed by atoms with van der Waals surface area (Å²) in [5, 5.41) is 0. The van der Waals surface area contributed by atoms with Crippen molar-refractivity contribution in [1.82, 2.24) is 4.98 Å². The number of rotatable bonds is 4. The van der Waals surface area contributed by atoms with E-state index in [1.807, 2.05) is 36.4 Å². The van der Waals surface area contributed by atoms with Gasteiger partial charge in [-0.15, -0.1) is 0 Å². The summed E-state index contributed by atoms with van der Waals surface area (Å²) in [7, 11) is 0. The lowest BCUT2D eigenvalue weighted by atomic mass is 9.95. The molecule has 0 aliphatic heterocycles. The Morgan fingerprint density at radius 2 is 1.56 bits per heavy atom. The number of carbonyl (C=O) groups is 2. The fourth-order valence-corrected chi connectivity index (χ4v) is 1.76. The van der Waals surface area contributed by atoms with E-state index >= 15 is 0 Å². The number of aromatic nitrogens is 1. The van der Waals surface area contributed by atoms with E-state index in [1.165, 1.54) is 0 Å². The molecule has 0 spiro atoms. The molecule has 0 bridgehead atoms. The van der Waals surface area contributed by atoms with Gasteiger partial charge in [0, 0.05) is 23.5 Å². The lowest BCUT2D eigenvalue weighted by molar-refractivity contribution is -0.109. The van der Waals surface area contributed by atoms with Gasteiger partial charge in [-0.3, -0.25) is 14.6 Å². The van der Waals surface area contributed by atoms with Crippen molar-refractivity contribution >= 4 is 18.1 Å². The van der Waals surface area contributed by atoms with Crippen molar-refractivity contribution in [3.05, 3.63) is 71.6 Å². The predicted octanol–water partition coefficient (Wildman–Crippen LogP) is 2.28. The largest absolute Gasteiger partial charge is 0.298 e. The molecule has 3 heteroatoms. The number of hydrogen-bond donors (Lipinski definition) is 0. The van der Waals surface area contributed by atoms with Crippen LogP contribution in [0.5, 0.6) is 0 Å². The fourth-order valence-electron chi connectivity index (χ4n) is 1.76. The number of carbonyl (C=O) groups excluding carboxylic acids is 2. The second-order valence-electron chi connectivity index (χ2n) is 3.67. The van der Waals surface area contributed by atoms with E-state index in [0.29, 0.717) is 18.1 Å². The van der Waals surface area contributed by atoms with E-state index in [2.05, 4.69) is 4.98 Å². The Kier molecular flexibility index (Phi) is 3.76. The predicted molar refractivity (Wildman–Crippen MR) is 68.8 cm³/mol. The van der Waals surface area contributed by atoms with Gasteiger partial charge in [0.1, 0.15) is 0 Å². The zero-order valence-corrected chi connectivity index (χ0v) is 9.61. The van der Waals surface area contributed by atoms with E-state index in [0.717, 1.165) is 11.1 Å². The van der Waals surface area contributed by atoms with E-state index in [9.17, 15) is 9.59 Å². The number of aldehydes is 2. The minimum atomic E-state index is 0.120. The molecule has 0 saturated heterocycles. The normalized spacial score (nSPS) is 9.56. The summed E-state index contributed by atoms with van der Waals surface area (Å²) >= 11 is 0.